The number of fused-ring (bicyclic) bond motifs is 2. The van der Waals surface area contributed by atoms with Crippen LogP contribution in [-0.4, -0.2) is 13.1 Å². The summed E-state index contributed by atoms with van der Waals surface area (Å²) in [7, 11) is 1.16. The van der Waals surface area contributed by atoms with Crippen LogP contribution in [0.4, 0.5) is 8.78 Å². The van der Waals surface area contributed by atoms with Crippen molar-refractivity contribution in [2.75, 3.05) is 7.11 Å². The molecule has 1 aromatic carbocycles. The lowest BCUT2D eigenvalue weighted by Gasteiger charge is -2.45. The van der Waals surface area contributed by atoms with E-state index in [1.165, 1.54) is 70.3 Å². The van der Waals surface area contributed by atoms with Crippen LogP contribution in [0.3, 0.4) is 0 Å². The lowest BCUT2D eigenvalue weighted by Crippen LogP contribution is -2.35. The first-order valence-electron chi connectivity index (χ1n) is 12.6. The minimum absolute atomic E-state index is 0.513. The van der Waals surface area contributed by atoms with Crippen molar-refractivity contribution < 1.29 is 18.3 Å². The molecule has 5 atom stereocenters. The van der Waals surface area contributed by atoms with Gasteiger partial charge in [0.1, 0.15) is 17.2 Å². The number of hydrogen-bond acceptors (Lipinski definition) is 2. The zero-order valence-electron chi connectivity index (χ0n) is 19.2. The van der Waals surface area contributed by atoms with E-state index in [1.807, 2.05) is 0 Å². The third kappa shape index (κ3) is 4.83. The first kappa shape index (κ1) is 22.7. The summed E-state index contributed by atoms with van der Waals surface area (Å²) in [6, 6.07) is 1.39. The summed E-state index contributed by atoms with van der Waals surface area (Å²) in [4.78, 5) is 11.8. The molecule has 5 unspecified atom stereocenters. The topological polar surface area (TPSA) is 26.3 Å². The van der Waals surface area contributed by atoms with Crippen LogP contribution >= 0.6 is 0 Å². The van der Waals surface area contributed by atoms with Crippen LogP contribution in [0.2, 0.25) is 0 Å². The Morgan fingerprint density at radius 3 is 2.45 bits per heavy atom. The second-order valence-electron chi connectivity index (χ2n) is 10.4. The van der Waals surface area contributed by atoms with Gasteiger partial charge in [0.15, 0.2) is 0 Å². The molecule has 4 rings (SSSR count). The number of carbonyl (C=O) groups excluding carboxylic acids is 1. The standard InChI is InChI=1S/C27H38F2O2/c1-3-4-5-6-17-7-8-19-14-20(10-9-18(19)13-17)21-11-12-23-22(15-21)16-24(28)25(26(23)29)27(30)31-2/h16-21H,3-15H2,1-2H3. The van der Waals surface area contributed by atoms with Crippen molar-refractivity contribution in [2.45, 2.75) is 90.4 Å². The zero-order chi connectivity index (χ0) is 22.0. The Balaban J connectivity index is 1.38. The molecule has 0 aliphatic heterocycles. The van der Waals surface area contributed by atoms with Crippen LogP contribution in [0.1, 0.15) is 99.0 Å². The number of esters is 1. The van der Waals surface area contributed by atoms with Crippen molar-refractivity contribution in [3.63, 3.8) is 0 Å². The number of ether oxygens (including phenoxy) is 1. The molecule has 0 spiro atoms. The number of halogens is 2. The molecule has 0 aromatic heterocycles. The lowest BCUT2D eigenvalue weighted by molar-refractivity contribution is 0.0588. The molecular weight excluding hydrogens is 394 g/mol. The fourth-order valence-corrected chi connectivity index (χ4v) is 6.96. The summed E-state index contributed by atoms with van der Waals surface area (Å²) in [6.07, 6.45) is 15.9. The molecule has 0 saturated heterocycles. The maximum atomic E-state index is 14.9. The molecule has 4 heteroatoms. The van der Waals surface area contributed by atoms with Crippen LogP contribution < -0.4 is 0 Å². The minimum atomic E-state index is -0.927. The molecule has 31 heavy (non-hydrogen) atoms. The molecule has 3 aliphatic rings. The van der Waals surface area contributed by atoms with E-state index in [0.29, 0.717) is 23.8 Å². The van der Waals surface area contributed by atoms with Crippen LogP contribution in [0.5, 0.6) is 0 Å². The maximum Gasteiger partial charge on any atom is 0.343 e. The Morgan fingerprint density at radius 1 is 1.00 bits per heavy atom. The highest BCUT2D eigenvalue weighted by molar-refractivity contribution is 5.90. The van der Waals surface area contributed by atoms with Gasteiger partial charge in [-0.1, -0.05) is 39.0 Å². The largest absolute Gasteiger partial charge is 0.465 e. The average molecular weight is 433 g/mol. The van der Waals surface area contributed by atoms with Crippen molar-refractivity contribution >= 4 is 5.97 Å². The van der Waals surface area contributed by atoms with Crippen molar-refractivity contribution in [3.8, 4) is 0 Å². The van der Waals surface area contributed by atoms with Crippen molar-refractivity contribution in [1.82, 2.24) is 0 Å². The Labute approximate surface area is 186 Å². The van der Waals surface area contributed by atoms with Gasteiger partial charge in [0, 0.05) is 0 Å². The van der Waals surface area contributed by atoms with Gasteiger partial charge in [0.2, 0.25) is 0 Å². The third-order valence-electron chi connectivity index (χ3n) is 8.69. The molecule has 1 aromatic rings. The number of carbonyl (C=O) groups is 1. The Morgan fingerprint density at radius 2 is 1.71 bits per heavy atom. The summed E-state index contributed by atoms with van der Waals surface area (Å²) < 4.78 is 33.9. The van der Waals surface area contributed by atoms with Crippen LogP contribution in [0.25, 0.3) is 0 Å². The van der Waals surface area contributed by atoms with Crippen LogP contribution in [0, 0.1) is 41.2 Å². The summed E-state index contributed by atoms with van der Waals surface area (Å²) in [5, 5.41) is 0. The molecule has 0 heterocycles. The summed E-state index contributed by atoms with van der Waals surface area (Å²) >= 11 is 0. The van der Waals surface area contributed by atoms with Gasteiger partial charge in [-0.15, -0.1) is 0 Å². The molecule has 2 fully saturated rings. The van der Waals surface area contributed by atoms with E-state index in [0.717, 1.165) is 43.3 Å². The van der Waals surface area contributed by atoms with E-state index in [-0.39, 0.29) is 0 Å². The molecule has 2 saturated carbocycles. The fraction of sp³-hybridized carbons (Fsp3) is 0.741. The number of unbranched alkanes of at least 4 members (excludes halogenated alkanes) is 2. The quantitative estimate of drug-likeness (QED) is 0.349. The normalized spacial score (nSPS) is 30.4. The molecule has 3 aliphatic carbocycles. The molecule has 0 N–H and O–H groups in total. The Hall–Kier alpha value is -1.45. The van der Waals surface area contributed by atoms with Gasteiger partial charge < -0.3 is 4.74 Å². The highest BCUT2D eigenvalue weighted by Crippen LogP contribution is 2.49. The maximum absolute atomic E-state index is 14.9. The highest BCUT2D eigenvalue weighted by atomic mass is 19.1. The van der Waals surface area contributed by atoms with E-state index < -0.39 is 23.2 Å². The van der Waals surface area contributed by atoms with Gasteiger partial charge in [-0.3, -0.25) is 0 Å². The van der Waals surface area contributed by atoms with Crippen molar-refractivity contribution in [1.29, 1.82) is 0 Å². The number of hydrogen-bond donors (Lipinski definition) is 0. The molecule has 0 radical (unpaired) electrons. The van der Waals surface area contributed by atoms with Gasteiger partial charge in [-0.2, -0.15) is 0 Å². The van der Waals surface area contributed by atoms with Gasteiger partial charge >= 0.3 is 5.97 Å². The Bertz CT molecular complexity index is 790. The first-order chi connectivity index (χ1) is 15.0. The van der Waals surface area contributed by atoms with E-state index in [1.54, 1.807) is 0 Å². The minimum Gasteiger partial charge on any atom is -0.465 e. The Kier molecular flexibility index (Phi) is 7.33. The fourth-order valence-electron chi connectivity index (χ4n) is 6.96. The van der Waals surface area contributed by atoms with Crippen LogP contribution in [-0.2, 0) is 17.6 Å². The summed E-state index contributed by atoms with van der Waals surface area (Å²) in [6.45, 7) is 2.28. The van der Waals surface area contributed by atoms with Gasteiger partial charge in [-0.25, -0.2) is 13.6 Å². The van der Waals surface area contributed by atoms with E-state index >= 15 is 0 Å². The number of benzene rings is 1. The molecule has 0 bridgehead atoms. The van der Waals surface area contributed by atoms with E-state index in [2.05, 4.69) is 11.7 Å². The van der Waals surface area contributed by atoms with Gasteiger partial charge in [0.05, 0.1) is 7.11 Å². The lowest BCUT2D eigenvalue weighted by atomic mass is 9.60. The molecule has 0 amide bonds. The monoisotopic (exact) mass is 432 g/mol. The highest BCUT2D eigenvalue weighted by Gasteiger charge is 2.39. The third-order valence-corrected chi connectivity index (χ3v) is 8.69. The predicted molar refractivity (Wildman–Crippen MR) is 119 cm³/mol. The number of methoxy groups -OCH3 is 1. The SMILES string of the molecule is CCCCCC1CCC2CC(C3CCc4c(cc(F)c(C(=O)OC)c4F)C3)CCC2C1. The second kappa shape index (κ2) is 10.0. The van der Waals surface area contributed by atoms with E-state index in [4.69, 9.17) is 0 Å². The summed E-state index contributed by atoms with van der Waals surface area (Å²) in [5.74, 6) is 1.49. The first-order valence-corrected chi connectivity index (χ1v) is 12.6. The van der Waals surface area contributed by atoms with Crippen molar-refractivity contribution in [3.05, 3.63) is 34.4 Å². The molecule has 2 nitrogen and oxygen atoms in total. The summed E-state index contributed by atoms with van der Waals surface area (Å²) in [5.41, 5.74) is 0.760. The predicted octanol–water partition coefficient (Wildman–Crippen LogP) is 7.27. The average Bonchev–Trinajstić information content (AvgIpc) is 2.78. The van der Waals surface area contributed by atoms with Crippen molar-refractivity contribution in [2.24, 2.45) is 29.6 Å². The molecular formula is C27H38F2O2. The number of rotatable bonds is 6. The smallest absolute Gasteiger partial charge is 0.343 e. The van der Waals surface area contributed by atoms with Gasteiger partial charge in [-0.05, 0) is 98.1 Å². The molecule has 172 valence electrons. The van der Waals surface area contributed by atoms with E-state index in [9.17, 15) is 13.6 Å². The zero-order valence-corrected chi connectivity index (χ0v) is 19.2. The van der Waals surface area contributed by atoms with Gasteiger partial charge in [0.25, 0.3) is 0 Å². The second-order valence-corrected chi connectivity index (χ2v) is 10.4. The van der Waals surface area contributed by atoms with Crippen LogP contribution in [0.15, 0.2) is 6.07 Å².